The normalized spacial score (nSPS) is 12.8. The third-order valence-electron chi connectivity index (χ3n) is 2.06. The van der Waals surface area contributed by atoms with Crippen molar-refractivity contribution in [3.8, 4) is 0 Å². The Morgan fingerprint density at radius 3 is 2.77 bits per heavy atom. The summed E-state index contributed by atoms with van der Waals surface area (Å²) in [6, 6.07) is 2.13. The predicted molar refractivity (Wildman–Crippen MR) is 54.7 cm³/mol. The van der Waals surface area contributed by atoms with E-state index < -0.39 is 0 Å². The zero-order valence-corrected chi connectivity index (χ0v) is 8.55. The lowest BCUT2D eigenvalue weighted by Crippen LogP contribution is -2.21. The minimum atomic E-state index is 0.153. The summed E-state index contributed by atoms with van der Waals surface area (Å²) < 4.78 is 5.42. The molecule has 1 N–H and O–H groups in total. The lowest BCUT2D eigenvalue weighted by molar-refractivity contribution is 0.446. The first kappa shape index (κ1) is 10.1. The van der Waals surface area contributed by atoms with E-state index in [9.17, 15) is 0 Å². The standard InChI is InChI=1S/C11H17NO/c1-5-12-10(8(2)3)11-9(4)6-7-13-11/h6-7,10,12H,2,5H2,1,3-4H3. The molecular weight excluding hydrogens is 162 g/mol. The smallest absolute Gasteiger partial charge is 0.127 e. The van der Waals surface area contributed by atoms with Gasteiger partial charge in [-0.15, -0.1) is 0 Å². The SMILES string of the molecule is C=C(C)C(NCC)c1occc1C. The van der Waals surface area contributed by atoms with Crippen molar-refractivity contribution >= 4 is 0 Å². The highest BCUT2D eigenvalue weighted by atomic mass is 16.3. The van der Waals surface area contributed by atoms with Gasteiger partial charge in [-0.3, -0.25) is 0 Å². The van der Waals surface area contributed by atoms with Gasteiger partial charge in [-0.1, -0.05) is 19.1 Å². The number of hydrogen-bond donors (Lipinski definition) is 1. The summed E-state index contributed by atoms with van der Waals surface area (Å²) in [5.41, 5.74) is 2.26. The van der Waals surface area contributed by atoms with Crippen LogP contribution in [0.2, 0.25) is 0 Å². The molecule has 1 aromatic rings. The van der Waals surface area contributed by atoms with Crippen molar-refractivity contribution in [1.82, 2.24) is 5.32 Å². The van der Waals surface area contributed by atoms with Crippen molar-refractivity contribution in [2.45, 2.75) is 26.8 Å². The van der Waals surface area contributed by atoms with E-state index in [4.69, 9.17) is 4.42 Å². The van der Waals surface area contributed by atoms with E-state index in [1.807, 2.05) is 19.9 Å². The van der Waals surface area contributed by atoms with Crippen molar-refractivity contribution in [3.63, 3.8) is 0 Å². The molecule has 72 valence electrons. The van der Waals surface area contributed by atoms with Gasteiger partial charge in [0.05, 0.1) is 12.3 Å². The molecule has 1 unspecified atom stereocenters. The molecule has 2 heteroatoms. The minimum absolute atomic E-state index is 0.153. The topological polar surface area (TPSA) is 25.2 Å². The Balaban J connectivity index is 2.88. The third-order valence-corrected chi connectivity index (χ3v) is 2.06. The highest BCUT2D eigenvalue weighted by Crippen LogP contribution is 2.23. The monoisotopic (exact) mass is 179 g/mol. The maximum Gasteiger partial charge on any atom is 0.127 e. The fourth-order valence-electron chi connectivity index (χ4n) is 1.38. The first-order valence-electron chi connectivity index (χ1n) is 4.59. The summed E-state index contributed by atoms with van der Waals surface area (Å²) >= 11 is 0. The fraction of sp³-hybridized carbons (Fsp3) is 0.455. The van der Waals surface area contributed by atoms with Gasteiger partial charge in [-0.2, -0.15) is 0 Å². The van der Waals surface area contributed by atoms with Crippen LogP contribution in [-0.4, -0.2) is 6.54 Å². The Labute approximate surface area is 79.6 Å². The number of furan rings is 1. The van der Waals surface area contributed by atoms with E-state index in [2.05, 4.69) is 18.8 Å². The van der Waals surface area contributed by atoms with Crippen molar-refractivity contribution in [1.29, 1.82) is 0 Å². The molecule has 0 bridgehead atoms. The number of rotatable bonds is 4. The molecule has 1 heterocycles. The maximum atomic E-state index is 5.42. The van der Waals surface area contributed by atoms with E-state index in [0.29, 0.717) is 0 Å². The van der Waals surface area contributed by atoms with Crippen LogP contribution in [0.4, 0.5) is 0 Å². The Kier molecular flexibility index (Phi) is 3.32. The van der Waals surface area contributed by atoms with Crippen LogP contribution in [0.25, 0.3) is 0 Å². The summed E-state index contributed by atoms with van der Waals surface area (Å²) in [5, 5.41) is 3.33. The molecule has 0 fully saturated rings. The van der Waals surface area contributed by atoms with Crippen LogP contribution in [-0.2, 0) is 0 Å². The maximum absolute atomic E-state index is 5.42. The molecule has 0 saturated heterocycles. The van der Waals surface area contributed by atoms with E-state index in [1.54, 1.807) is 6.26 Å². The van der Waals surface area contributed by atoms with E-state index in [1.165, 1.54) is 5.56 Å². The summed E-state index contributed by atoms with van der Waals surface area (Å²) in [5.74, 6) is 0.981. The molecule has 1 aromatic heterocycles. The largest absolute Gasteiger partial charge is 0.467 e. The molecule has 0 amide bonds. The van der Waals surface area contributed by atoms with Crippen molar-refractivity contribution in [3.05, 3.63) is 35.8 Å². The second-order valence-electron chi connectivity index (χ2n) is 3.30. The van der Waals surface area contributed by atoms with Crippen LogP contribution in [0.15, 0.2) is 28.9 Å². The van der Waals surface area contributed by atoms with Crippen LogP contribution in [0.5, 0.6) is 0 Å². The molecule has 13 heavy (non-hydrogen) atoms. The number of hydrogen-bond acceptors (Lipinski definition) is 2. The van der Waals surface area contributed by atoms with Crippen LogP contribution in [0.1, 0.15) is 31.2 Å². The van der Waals surface area contributed by atoms with Crippen molar-refractivity contribution in [2.75, 3.05) is 6.54 Å². The van der Waals surface area contributed by atoms with E-state index >= 15 is 0 Å². The molecule has 0 radical (unpaired) electrons. The lowest BCUT2D eigenvalue weighted by Gasteiger charge is -2.16. The second-order valence-corrected chi connectivity index (χ2v) is 3.30. The van der Waals surface area contributed by atoms with Gasteiger partial charge in [0.2, 0.25) is 0 Å². The Bertz CT molecular complexity index is 288. The molecular formula is C11H17NO. The molecule has 1 atom stereocenters. The zero-order chi connectivity index (χ0) is 9.84. The van der Waals surface area contributed by atoms with Gasteiger partial charge in [-0.25, -0.2) is 0 Å². The van der Waals surface area contributed by atoms with Gasteiger partial charge >= 0.3 is 0 Å². The Morgan fingerprint density at radius 2 is 2.38 bits per heavy atom. The molecule has 0 aliphatic rings. The number of nitrogens with one attached hydrogen (secondary N) is 1. The lowest BCUT2D eigenvalue weighted by atomic mass is 10.1. The van der Waals surface area contributed by atoms with Crippen LogP contribution in [0.3, 0.4) is 0 Å². The molecule has 1 rings (SSSR count). The van der Waals surface area contributed by atoms with E-state index in [-0.39, 0.29) is 6.04 Å². The molecule has 0 aliphatic carbocycles. The first-order valence-corrected chi connectivity index (χ1v) is 4.59. The van der Waals surface area contributed by atoms with Crippen LogP contribution in [0, 0.1) is 6.92 Å². The van der Waals surface area contributed by atoms with Crippen molar-refractivity contribution in [2.24, 2.45) is 0 Å². The zero-order valence-electron chi connectivity index (χ0n) is 8.55. The van der Waals surface area contributed by atoms with Crippen LogP contribution >= 0.6 is 0 Å². The summed E-state index contributed by atoms with van der Waals surface area (Å²) in [7, 11) is 0. The van der Waals surface area contributed by atoms with Gasteiger partial charge in [0.15, 0.2) is 0 Å². The van der Waals surface area contributed by atoms with Gasteiger partial charge in [0, 0.05) is 0 Å². The predicted octanol–water partition coefficient (Wildman–Crippen LogP) is 2.81. The van der Waals surface area contributed by atoms with Gasteiger partial charge < -0.3 is 9.73 Å². The molecule has 0 saturated carbocycles. The summed E-state index contributed by atoms with van der Waals surface area (Å²) in [4.78, 5) is 0. The first-order chi connectivity index (χ1) is 6.16. The average molecular weight is 179 g/mol. The Morgan fingerprint density at radius 1 is 1.69 bits per heavy atom. The highest BCUT2D eigenvalue weighted by molar-refractivity contribution is 5.24. The summed E-state index contributed by atoms with van der Waals surface area (Å²) in [6.45, 7) is 11.0. The molecule has 2 nitrogen and oxygen atoms in total. The molecule has 0 aliphatic heterocycles. The quantitative estimate of drug-likeness (QED) is 0.719. The number of likely N-dealkylation sites (N-methyl/N-ethyl adjacent to an activating group) is 1. The Hall–Kier alpha value is -1.02. The highest BCUT2D eigenvalue weighted by Gasteiger charge is 2.15. The van der Waals surface area contributed by atoms with Crippen LogP contribution < -0.4 is 5.32 Å². The number of aryl methyl sites for hydroxylation is 1. The minimum Gasteiger partial charge on any atom is -0.467 e. The molecule has 0 spiro atoms. The second kappa shape index (κ2) is 4.28. The van der Waals surface area contributed by atoms with Gasteiger partial charge in [0.25, 0.3) is 0 Å². The van der Waals surface area contributed by atoms with E-state index in [0.717, 1.165) is 17.9 Å². The van der Waals surface area contributed by atoms with Gasteiger partial charge in [0.1, 0.15) is 5.76 Å². The summed E-state index contributed by atoms with van der Waals surface area (Å²) in [6.07, 6.45) is 1.72. The third kappa shape index (κ3) is 2.22. The van der Waals surface area contributed by atoms with Gasteiger partial charge in [-0.05, 0) is 32.0 Å². The van der Waals surface area contributed by atoms with Crippen molar-refractivity contribution < 1.29 is 4.42 Å². The fourth-order valence-corrected chi connectivity index (χ4v) is 1.38. The average Bonchev–Trinajstić information content (AvgIpc) is 2.47. The molecule has 0 aromatic carbocycles.